The van der Waals surface area contributed by atoms with Gasteiger partial charge in [0, 0.05) is 26.1 Å². The fourth-order valence-electron chi connectivity index (χ4n) is 3.44. The maximum absolute atomic E-state index is 10.8. The molecule has 8 heteroatoms. The van der Waals surface area contributed by atoms with Gasteiger partial charge in [0.15, 0.2) is 11.1 Å². The third kappa shape index (κ3) is 9.38. The molecule has 0 saturated heterocycles. The van der Waals surface area contributed by atoms with Gasteiger partial charge in [0.2, 0.25) is 0 Å². The SMILES string of the molecule is CCCC(O)(CCC)CN=C(NCC)NCCCc1nnc(SC)n1CC(C)C. The molecule has 29 heavy (non-hydrogen) atoms. The second-order valence-electron chi connectivity index (χ2n) is 8.06. The van der Waals surface area contributed by atoms with E-state index in [1.165, 1.54) is 0 Å². The maximum atomic E-state index is 10.8. The molecule has 0 aliphatic carbocycles. The highest BCUT2D eigenvalue weighted by molar-refractivity contribution is 7.98. The van der Waals surface area contributed by atoms with Crippen molar-refractivity contribution in [2.45, 2.75) is 90.4 Å². The number of aliphatic imine (C=N–C) groups is 1. The molecule has 1 rings (SSSR count). The van der Waals surface area contributed by atoms with E-state index in [-0.39, 0.29) is 0 Å². The lowest BCUT2D eigenvalue weighted by atomic mass is 9.93. The Labute approximate surface area is 181 Å². The molecule has 0 unspecified atom stereocenters. The van der Waals surface area contributed by atoms with Crippen LogP contribution in [0.15, 0.2) is 10.1 Å². The highest BCUT2D eigenvalue weighted by Crippen LogP contribution is 2.20. The molecule has 0 amide bonds. The van der Waals surface area contributed by atoms with Crippen LogP contribution in [0.2, 0.25) is 0 Å². The van der Waals surface area contributed by atoms with Crippen LogP contribution >= 0.6 is 11.8 Å². The topological polar surface area (TPSA) is 87.4 Å². The van der Waals surface area contributed by atoms with Crippen molar-refractivity contribution < 1.29 is 5.11 Å². The van der Waals surface area contributed by atoms with Gasteiger partial charge in [-0.25, -0.2) is 0 Å². The second-order valence-corrected chi connectivity index (χ2v) is 8.83. The molecule has 0 atom stereocenters. The normalized spacial score (nSPS) is 12.6. The van der Waals surface area contributed by atoms with Crippen molar-refractivity contribution in [3.05, 3.63) is 5.82 Å². The number of nitrogens with one attached hydrogen (secondary N) is 2. The highest BCUT2D eigenvalue weighted by Gasteiger charge is 2.24. The Hall–Kier alpha value is -1.28. The number of aromatic nitrogens is 3. The van der Waals surface area contributed by atoms with E-state index in [0.717, 1.165) is 75.1 Å². The molecule has 0 fully saturated rings. The number of hydrogen-bond acceptors (Lipinski definition) is 5. The second kappa shape index (κ2) is 13.9. The number of guanidine groups is 1. The monoisotopic (exact) mass is 426 g/mol. The first-order valence-electron chi connectivity index (χ1n) is 11.1. The van der Waals surface area contributed by atoms with Gasteiger partial charge in [0.1, 0.15) is 5.82 Å². The first kappa shape index (κ1) is 25.8. The molecular formula is C21H42N6OS. The van der Waals surface area contributed by atoms with Crippen LogP contribution in [0.5, 0.6) is 0 Å². The van der Waals surface area contributed by atoms with Gasteiger partial charge in [-0.2, -0.15) is 0 Å². The minimum Gasteiger partial charge on any atom is -0.388 e. The van der Waals surface area contributed by atoms with Gasteiger partial charge in [0.25, 0.3) is 0 Å². The third-order valence-electron chi connectivity index (χ3n) is 4.70. The number of hydrogen-bond donors (Lipinski definition) is 3. The van der Waals surface area contributed by atoms with Gasteiger partial charge in [-0.1, -0.05) is 52.3 Å². The summed E-state index contributed by atoms with van der Waals surface area (Å²) in [5.41, 5.74) is -0.701. The lowest BCUT2D eigenvalue weighted by Crippen LogP contribution is -2.40. The van der Waals surface area contributed by atoms with Crippen molar-refractivity contribution in [1.29, 1.82) is 0 Å². The summed E-state index contributed by atoms with van der Waals surface area (Å²) < 4.78 is 2.24. The summed E-state index contributed by atoms with van der Waals surface area (Å²) in [5.74, 6) is 2.38. The molecule has 0 radical (unpaired) electrons. The maximum Gasteiger partial charge on any atom is 0.191 e. The van der Waals surface area contributed by atoms with E-state index in [9.17, 15) is 5.11 Å². The fraction of sp³-hybridized carbons (Fsp3) is 0.857. The quantitative estimate of drug-likeness (QED) is 0.183. The van der Waals surface area contributed by atoms with E-state index in [2.05, 4.69) is 65.0 Å². The molecule has 1 aromatic rings. The summed E-state index contributed by atoms with van der Waals surface area (Å²) in [6.07, 6.45) is 7.37. The molecule has 3 N–H and O–H groups in total. The van der Waals surface area contributed by atoms with Crippen LogP contribution in [0.4, 0.5) is 0 Å². The summed E-state index contributed by atoms with van der Waals surface area (Å²) in [6.45, 7) is 13.7. The van der Waals surface area contributed by atoms with Crippen LogP contribution in [0, 0.1) is 5.92 Å². The lowest BCUT2D eigenvalue weighted by Gasteiger charge is -2.26. The minimum absolute atomic E-state index is 0.434. The van der Waals surface area contributed by atoms with Crippen LogP contribution in [0.25, 0.3) is 0 Å². The van der Waals surface area contributed by atoms with Crippen LogP contribution in [-0.4, -0.2) is 57.3 Å². The Kier molecular flexibility index (Phi) is 12.3. The van der Waals surface area contributed by atoms with Crippen molar-refractivity contribution in [2.75, 3.05) is 25.9 Å². The predicted molar refractivity (Wildman–Crippen MR) is 124 cm³/mol. The standard InChI is InChI=1S/C21H42N6OS/c1-7-12-21(28,13-8-2)16-24-19(22-9-3)23-14-10-11-18-25-26-20(29-6)27(18)15-17(4)5/h17,28H,7-16H2,1-6H3,(H2,22,23,24). The zero-order valence-electron chi connectivity index (χ0n) is 19.3. The molecule has 168 valence electrons. The van der Waals surface area contributed by atoms with Crippen molar-refractivity contribution in [2.24, 2.45) is 10.9 Å². The number of aliphatic hydroxyl groups is 1. The lowest BCUT2D eigenvalue weighted by molar-refractivity contribution is 0.0306. The van der Waals surface area contributed by atoms with E-state index >= 15 is 0 Å². The van der Waals surface area contributed by atoms with Crippen molar-refractivity contribution >= 4 is 17.7 Å². The van der Waals surface area contributed by atoms with E-state index in [0.29, 0.717) is 12.5 Å². The number of nitrogens with zero attached hydrogens (tertiary/aromatic N) is 4. The van der Waals surface area contributed by atoms with Crippen molar-refractivity contribution in [3.63, 3.8) is 0 Å². The number of aryl methyl sites for hydroxylation is 1. The first-order valence-corrected chi connectivity index (χ1v) is 12.3. The summed E-state index contributed by atoms with van der Waals surface area (Å²) in [6, 6.07) is 0. The zero-order chi connectivity index (χ0) is 21.7. The third-order valence-corrected chi connectivity index (χ3v) is 5.37. The summed E-state index contributed by atoms with van der Waals surface area (Å²) >= 11 is 1.65. The zero-order valence-corrected chi connectivity index (χ0v) is 20.1. The van der Waals surface area contributed by atoms with Crippen LogP contribution in [0.1, 0.15) is 72.5 Å². The predicted octanol–water partition coefficient (Wildman–Crippen LogP) is 3.48. The molecule has 0 spiro atoms. The van der Waals surface area contributed by atoms with Gasteiger partial charge >= 0.3 is 0 Å². The molecule has 1 aromatic heterocycles. The number of rotatable bonds is 14. The van der Waals surface area contributed by atoms with E-state index < -0.39 is 5.60 Å². The average Bonchev–Trinajstić information content (AvgIpc) is 3.04. The molecule has 0 bridgehead atoms. The van der Waals surface area contributed by atoms with Gasteiger partial charge in [-0.3, -0.25) is 4.99 Å². The first-order chi connectivity index (χ1) is 13.9. The Morgan fingerprint density at radius 3 is 2.41 bits per heavy atom. The fourth-order valence-corrected chi connectivity index (χ4v) is 3.96. The highest BCUT2D eigenvalue weighted by atomic mass is 32.2. The summed E-state index contributed by atoms with van der Waals surface area (Å²) in [4.78, 5) is 4.65. The van der Waals surface area contributed by atoms with Gasteiger partial charge in [-0.05, 0) is 38.4 Å². The average molecular weight is 427 g/mol. The molecule has 0 saturated carbocycles. The van der Waals surface area contributed by atoms with Gasteiger partial charge in [-0.15, -0.1) is 10.2 Å². The van der Waals surface area contributed by atoms with Gasteiger partial charge < -0.3 is 20.3 Å². The van der Waals surface area contributed by atoms with Crippen molar-refractivity contribution in [1.82, 2.24) is 25.4 Å². The van der Waals surface area contributed by atoms with Gasteiger partial charge in [0.05, 0.1) is 12.1 Å². The van der Waals surface area contributed by atoms with Crippen molar-refractivity contribution in [3.8, 4) is 0 Å². The largest absolute Gasteiger partial charge is 0.388 e. The smallest absolute Gasteiger partial charge is 0.191 e. The molecule has 1 heterocycles. The Balaban J connectivity index is 2.62. The molecular weight excluding hydrogens is 384 g/mol. The summed E-state index contributed by atoms with van der Waals surface area (Å²) in [7, 11) is 0. The minimum atomic E-state index is -0.701. The summed E-state index contributed by atoms with van der Waals surface area (Å²) in [5, 5.41) is 27.2. The van der Waals surface area contributed by atoms with Crippen LogP contribution in [0.3, 0.4) is 0 Å². The van der Waals surface area contributed by atoms with Crippen LogP contribution in [-0.2, 0) is 13.0 Å². The molecule has 0 aliphatic heterocycles. The molecule has 7 nitrogen and oxygen atoms in total. The van der Waals surface area contributed by atoms with E-state index in [4.69, 9.17) is 0 Å². The number of thioether (sulfide) groups is 1. The molecule has 0 aliphatic rings. The Bertz CT molecular complexity index is 596. The molecule has 0 aromatic carbocycles. The van der Waals surface area contributed by atoms with E-state index in [1.54, 1.807) is 11.8 Å². The van der Waals surface area contributed by atoms with E-state index in [1.807, 2.05) is 6.26 Å². The Morgan fingerprint density at radius 2 is 1.86 bits per heavy atom. The van der Waals surface area contributed by atoms with Crippen LogP contribution < -0.4 is 10.6 Å². The Morgan fingerprint density at radius 1 is 1.17 bits per heavy atom.